The minimum Gasteiger partial charge on any atom is -0.478 e. The number of aromatic nitrogens is 1. The second kappa shape index (κ2) is 11.5. The van der Waals surface area contributed by atoms with Gasteiger partial charge in [-0.3, -0.25) is 4.79 Å². The molecule has 5 heteroatoms. The number of amides is 1. The quantitative estimate of drug-likeness (QED) is 0.282. The fraction of sp³-hybridized carbons (Fsp3) is 0.364. The molecule has 0 aliphatic rings. The molecule has 0 spiro atoms. The lowest BCUT2D eigenvalue weighted by molar-refractivity contribution is -0.113. The van der Waals surface area contributed by atoms with Crippen LogP contribution in [0.1, 0.15) is 45.4 Å². The van der Waals surface area contributed by atoms with Gasteiger partial charge in [-0.15, -0.1) is 0 Å². The van der Waals surface area contributed by atoms with Crippen LogP contribution in [0.4, 0.5) is 0 Å². The van der Waals surface area contributed by atoms with Gasteiger partial charge in [-0.2, -0.15) is 0 Å². The van der Waals surface area contributed by atoms with Crippen LogP contribution in [0.3, 0.4) is 0 Å². The highest BCUT2D eigenvalue weighted by Crippen LogP contribution is 2.21. The Morgan fingerprint density at radius 3 is 2.74 bits per heavy atom. The Hall–Kier alpha value is -2.14. The Bertz CT molecular complexity index is 815. The molecular formula is C22H27BrN2O2. The average Bonchev–Trinajstić information content (AvgIpc) is 2.62. The van der Waals surface area contributed by atoms with E-state index >= 15 is 0 Å². The van der Waals surface area contributed by atoms with Crippen molar-refractivity contribution in [2.24, 2.45) is 5.73 Å². The molecule has 144 valence electrons. The average molecular weight is 431 g/mol. The maximum atomic E-state index is 10.7. The van der Waals surface area contributed by atoms with Gasteiger partial charge in [-0.25, -0.2) is 4.98 Å². The number of carbonyl (C=O) groups excluding carboxylic acids is 1. The van der Waals surface area contributed by atoms with Crippen LogP contribution in [-0.4, -0.2) is 17.5 Å². The molecule has 0 saturated carbocycles. The number of allylic oxidation sites excluding steroid dienone is 3. The molecule has 4 nitrogen and oxygen atoms in total. The number of benzene rings is 1. The second-order valence-electron chi connectivity index (χ2n) is 6.58. The van der Waals surface area contributed by atoms with Crippen LogP contribution in [0, 0.1) is 0 Å². The SMILES string of the molecule is CC(/C=C/CCCCCCCOc1ccc2cc(Br)ccc2n1)=C\C(N)=O. The number of nitrogens with zero attached hydrogens (tertiary/aromatic N) is 1. The van der Waals surface area contributed by atoms with Crippen LogP contribution in [0.2, 0.25) is 0 Å². The van der Waals surface area contributed by atoms with E-state index in [2.05, 4.69) is 33.1 Å². The number of unbranched alkanes of at least 4 members (excludes halogenated alkanes) is 5. The van der Waals surface area contributed by atoms with Gasteiger partial charge in [-0.05, 0) is 56.0 Å². The van der Waals surface area contributed by atoms with Gasteiger partial charge in [0.05, 0.1) is 12.1 Å². The summed E-state index contributed by atoms with van der Waals surface area (Å²) in [6, 6.07) is 10.00. The third-order valence-electron chi connectivity index (χ3n) is 4.14. The van der Waals surface area contributed by atoms with E-state index in [1.54, 1.807) is 0 Å². The third kappa shape index (κ3) is 8.39. The normalized spacial score (nSPS) is 12.0. The minimum absolute atomic E-state index is 0.397. The van der Waals surface area contributed by atoms with Gasteiger partial charge in [0.2, 0.25) is 11.8 Å². The van der Waals surface area contributed by atoms with Gasteiger partial charge in [0.1, 0.15) is 0 Å². The molecule has 2 N–H and O–H groups in total. The van der Waals surface area contributed by atoms with Crippen LogP contribution in [0.5, 0.6) is 5.88 Å². The predicted molar refractivity (Wildman–Crippen MR) is 115 cm³/mol. The van der Waals surface area contributed by atoms with Crippen molar-refractivity contribution < 1.29 is 9.53 Å². The summed E-state index contributed by atoms with van der Waals surface area (Å²) in [5.41, 5.74) is 6.95. The number of rotatable bonds is 11. The summed E-state index contributed by atoms with van der Waals surface area (Å²) < 4.78 is 6.82. The van der Waals surface area contributed by atoms with Crippen LogP contribution in [-0.2, 0) is 4.79 Å². The first-order valence-corrected chi connectivity index (χ1v) is 10.2. The van der Waals surface area contributed by atoms with E-state index in [-0.39, 0.29) is 0 Å². The molecule has 1 aromatic heterocycles. The largest absolute Gasteiger partial charge is 0.478 e. The molecule has 0 bridgehead atoms. The first-order chi connectivity index (χ1) is 13.0. The van der Waals surface area contributed by atoms with Crippen molar-refractivity contribution in [2.45, 2.75) is 45.4 Å². The van der Waals surface area contributed by atoms with E-state index in [1.165, 1.54) is 18.9 Å². The number of pyridine rings is 1. The van der Waals surface area contributed by atoms with Crippen LogP contribution in [0.15, 0.2) is 58.6 Å². The summed E-state index contributed by atoms with van der Waals surface area (Å²) in [5.74, 6) is 0.292. The smallest absolute Gasteiger partial charge is 0.241 e. The van der Waals surface area contributed by atoms with E-state index in [0.29, 0.717) is 12.5 Å². The molecule has 2 aromatic rings. The van der Waals surface area contributed by atoms with Gasteiger partial charge >= 0.3 is 0 Å². The Balaban J connectivity index is 1.55. The van der Waals surface area contributed by atoms with Gasteiger partial charge in [0, 0.05) is 22.0 Å². The maximum Gasteiger partial charge on any atom is 0.241 e. The number of ether oxygens (including phenoxy) is 1. The summed E-state index contributed by atoms with van der Waals surface area (Å²) in [7, 11) is 0. The number of hydrogen-bond acceptors (Lipinski definition) is 3. The first kappa shape index (κ1) is 21.2. The summed E-state index contributed by atoms with van der Waals surface area (Å²) >= 11 is 3.47. The zero-order valence-electron chi connectivity index (χ0n) is 15.8. The summed E-state index contributed by atoms with van der Waals surface area (Å²) in [6.07, 6.45) is 12.3. The van der Waals surface area contributed by atoms with Crippen molar-refractivity contribution in [3.63, 3.8) is 0 Å². The van der Waals surface area contributed by atoms with Gasteiger partial charge in [0.15, 0.2) is 0 Å². The summed E-state index contributed by atoms with van der Waals surface area (Å²) in [4.78, 5) is 15.3. The molecule has 0 unspecified atom stereocenters. The van der Waals surface area contributed by atoms with Crippen molar-refractivity contribution in [3.8, 4) is 5.88 Å². The highest BCUT2D eigenvalue weighted by Gasteiger charge is 2.00. The van der Waals surface area contributed by atoms with E-state index < -0.39 is 5.91 Å². The van der Waals surface area contributed by atoms with Crippen LogP contribution in [0.25, 0.3) is 10.9 Å². The van der Waals surface area contributed by atoms with Crippen molar-refractivity contribution in [1.82, 2.24) is 4.98 Å². The Labute approximate surface area is 169 Å². The Morgan fingerprint density at radius 2 is 1.93 bits per heavy atom. The topological polar surface area (TPSA) is 65.2 Å². The van der Waals surface area contributed by atoms with E-state index in [1.807, 2.05) is 37.3 Å². The van der Waals surface area contributed by atoms with Crippen molar-refractivity contribution in [3.05, 3.63) is 58.6 Å². The van der Waals surface area contributed by atoms with Crippen LogP contribution < -0.4 is 10.5 Å². The molecule has 1 heterocycles. The zero-order chi connectivity index (χ0) is 19.5. The van der Waals surface area contributed by atoms with E-state index in [9.17, 15) is 4.79 Å². The predicted octanol–water partition coefficient (Wildman–Crippen LogP) is 5.70. The van der Waals surface area contributed by atoms with Crippen molar-refractivity contribution in [2.75, 3.05) is 6.61 Å². The monoisotopic (exact) mass is 430 g/mol. The molecule has 1 aromatic carbocycles. The Kier molecular flexibility index (Phi) is 9.05. The fourth-order valence-electron chi connectivity index (χ4n) is 2.77. The molecule has 0 aliphatic carbocycles. The fourth-order valence-corrected chi connectivity index (χ4v) is 3.15. The standard InChI is InChI=1S/C22H27BrN2O2/c1-17(15-21(24)26)9-7-5-3-2-4-6-8-14-27-22-13-10-18-16-19(23)11-12-20(18)25-22/h7,9-13,15-16H,2-6,8,14H2,1H3,(H2,24,26)/b9-7+,17-15+. The van der Waals surface area contributed by atoms with Crippen molar-refractivity contribution in [1.29, 1.82) is 0 Å². The van der Waals surface area contributed by atoms with Gasteiger partial charge in [-0.1, -0.05) is 47.3 Å². The lowest BCUT2D eigenvalue weighted by Gasteiger charge is -2.06. The second-order valence-corrected chi connectivity index (χ2v) is 7.50. The summed E-state index contributed by atoms with van der Waals surface area (Å²) in [6.45, 7) is 2.58. The van der Waals surface area contributed by atoms with Gasteiger partial charge in [0.25, 0.3) is 0 Å². The number of primary amides is 1. The molecule has 1 amide bonds. The zero-order valence-corrected chi connectivity index (χ0v) is 17.4. The molecule has 2 rings (SSSR count). The molecular weight excluding hydrogens is 404 g/mol. The summed E-state index contributed by atoms with van der Waals surface area (Å²) in [5, 5.41) is 1.10. The van der Waals surface area contributed by atoms with Gasteiger partial charge < -0.3 is 10.5 Å². The highest BCUT2D eigenvalue weighted by atomic mass is 79.9. The van der Waals surface area contributed by atoms with Crippen molar-refractivity contribution >= 4 is 32.7 Å². The maximum absolute atomic E-state index is 10.7. The number of carbonyl (C=O) groups is 1. The number of hydrogen-bond donors (Lipinski definition) is 1. The number of fused-ring (bicyclic) bond motifs is 1. The molecule has 27 heavy (non-hydrogen) atoms. The molecule has 0 atom stereocenters. The molecule has 0 saturated heterocycles. The number of nitrogens with two attached hydrogens (primary N) is 1. The first-order valence-electron chi connectivity index (χ1n) is 9.38. The molecule has 0 radical (unpaired) electrons. The molecule has 0 fully saturated rings. The third-order valence-corrected chi connectivity index (χ3v) is 4.63. The number of halogens is 1. The highest BCUT2D eigenvalue weighted by molar-refractivity contribution is 9.10. The Morgan fingerprint density at radius 1 is 1.15 bits per heavy atom. The minimum atomic E-state index is -0.397. The lowest BCUT2D eigenvalue weighted by atomic mass is 10.1. The van der Waals surface area contributed by atoms with E-state index in [4.69, 9.17) is 10.5 Å². The van der Waals surface area contributed by atoms with E-state index in [0.717, 1.165) is 46.6 Å². The molecule has 0 aliphatic heterocycles. The van der Waals surface area contributed by atoms with Crippen LogP contribution >= 0.6 is 15.9 Å². The lowest BCUT2D eigenvalue weighted by Crippen LogP contribution is -2.06.